The summed E-state index contributed by atoms with van der Waals surface area (Å²) in [4.78, 5) is 25.4. The molecule has 1 amide bonds. The number of hydrogen-bond donors (Lipinski definition) is 3. The van der Waals surface area contributed by atoms with E-state index in [2.05, 4.69) is 26.0 Å². The van der Waals surface area contributed by atoms with Crippen molar-refractivity contribution in [3.63, 3.8) is 0 Å². The van der Waals surface area contributed by atoms with Crippen LogP contribution in [0.5, 0.6) is 0 Å². The van der Waals surface area contributed by atoms with E-state index in [-0.39, 0.29) is 16.1 Å². The first-order chi connectivity index (χ1) is 15.1. The highest BCUT2D eigenvalue weighted by atomic mass is 79.9. The van der Waals surface area contributed by atoms with E-state index in [1.54, 1.807) is 43.3 Å². The van der Waals surface area contributed by atoms with E-state index in [0.29, 0.717) is 16.8 Å². The molecule has 1 aliphatic heterocycles. The van der Waals surface area contributed by atoms with Crippen LogP contribution in [0.4, 0.5) is 11.4 Å². The van der Waals surface area contributed by atoms with Gasteiger partial charge < -0.3 is 10.4 Å². The summed E-state index contributed by atoms with van der Waals surface area (Å²) >= 11 is 3.31. The lowest BCUT2D eigenvalue weighted by molar-refractivity contribution is -0.133. The molecule has 4 rings (SSSR count). The number of benzene rings is 3. The lowest BCUT2D eigenvalue weighted by Gasteiger charge is -2.20. The summed E-state index contributed by atoms with van der Waals surface area (Å²) in [5.74, 6) is -1.12. The predicted molar refractivity (Wildman–Crippen MR) is 124 cm³/mol. The molecular weight excluding hydrogens is 496 g/mol. The summed E-state index contributed by atoms with van der Waals surface area (Å²) in [6.45, 7) is 1.71. The maximum absolute atomic E-state index is 12.8. The molecule has 0 unspecified atom stereocenters. The number of sulfonamides is 1. The topological polar surface area (TPSA) is 113 Å². The monoisotopic (exact) mass is 514 g/mol. The predicted octanol–water partition coefficient (Wildman–Crippen LogP) is 3.97. The number of Topliss-reactive ketones (excluding diaryl/α,β-unsaturated/α-hetero) is 1. The minimum Gasteiger partial charge on any atom is -0.375 e. The molecule has 0 aromatic heterocycles. The minimum atomic E-state index is -3.78. The van der Waals surface area contributed by atoms with E-state index >= 15 is 0 Å². The number of fused-ring (bicyclic) bond motifs is 1. The van der Waals surface area contributed by atoms with Gasteiger partial charge >= 0.3 is 0 Å². The Hall–Kier alpha value is -3.01. The van der Waals surface area contributed by atoms with Gasteiger partial charge in [0.15, 0.2) is 11.4 Å². The maximum Gasteiger partial charge on any atom is 0.262 e. The fraction of sp³-hybridized carbons (Fsp3) is 0.130. The quantitative estimate of drug-likeness (QED) is 0.430. The molecule has 3 aromatic rings. The summed E-state index contributed by atoms with van der Waals surface area (Å²) in [6, 6.07) is 17.4. The second-order valence-electron chi connectivity index (χ2n) is 7.55. The van der Waals surface area contributed by atoms with Crippen LogP contribution in [0, 0.1) is 6.92 Å². The SMILES string of the molecule is Cc1ccccc1S(=O)(=O)Nc1ccc(C(=O)C[C@@]2(O)C(=O)Nc3cc(Br)ccc32)cc1. The molecule has 0 fully saturated rings. The van der Waals surface area contributed by atoms with Crippen LogP contribution in [-0.2, 0) is 20.4 Å². The molecule has 32 heavy (non-hydrogen) atoms. The highest BCUT2D eigenvalue weighted by Gasteiger charge is 2.46. The normalized spacial score (nSPS) is 17.5. The Labute approximate surface area is 193 Å². The molecule has 7 nitrogen and oxygen atoms in total. The molecule has 9 heteroatoms. The van der Waals surface area contributed by atoms with Crippen molar-refractivity contribution < 1.29 is 23.1 Å². The highest BCUT2D eigenvalue weighted by Crippen LogP contribution is 2.40. The highest BCUT2D eigenvalue weighted by molar-refractivity contribution is 9.10. The van der Waals surface area contributed by atoms with Crippen LogP contribution >= 0.6 is 15.9 Å². The van der Waals surface area contributed by atoms with E-state index in [1.807, 2.05) is 0 Å². The smallest absolute Gasteiger partial charge is 0.262 e. The largest absolute Gasteiger partial charge is 0.375 e. The van der Waals surface area contributed by atoms with E-state index < -0.39 is 33.7 Å². The number of amides is 1. The molecule has 3 aromatic carbocycles. The third-order valence-electron chi connectivity index (χ3n) is 5.31. The Kier molecular flexibility index (Phi) is 5.66. The number of hydrogen-bond acceptors (Lipinski definition) is 5. The van der Waals surface area contributed by atoms with Crippen LogP contribution in [0.1, 0.15) is 27.9 Å². The molecular formula is C23H19BrN2O5S. The molecule has 1 heterocycles. The van der Waals surface area contributed by atoms with Gasteiger partial charge in [0.05, 0.1) is 11.3 Å². The molecule has 3 N–H and O–H groups in total. The number of carbonyl (C=O) groups is 2. The third-order valence-corrected chi connectivity index (χ3v) is 7.34. The average Bonchev–Trinajstić information content (AvgIpc) is 2.97. The van der Waals surface area contributed by atoms with Gasteiger partial charge in [0.25, 0.3) is 15.9 Å². The molecule has 0 radical (unpaired) electrons. The number of nitrogens with one attached hydrogen (secondary N) is 2. The lowest BCUT2D eigenvalue weighted by Crippen LogP contribution is -2.36. The van der Waals surface area contributed by atoms with Crippen molar-refractivity contribution in [1.82, 2.24) is 0 Å². The number of ketones is 1. The average molecular weight is 515 g/mol. The Morgan fingerprint density at radius 2 is 1.78 bits per heavy atom. The molecule has 0 saturated carbocycles. The molecule has 0 bridgehead atoms. The van der Waals surface area contributed by atoms with Crippen molar-refractivity contribution in [1.29, 1.82) is 0 Å². The van der Waals surface area contributed by atoms with E-state index in [0.717, 1.165) is 4.47 Å². The van der Waals surface area contributed by atoms with Gasteiger partial charge in [-0.1, -0.05) is 40.2 Å². The van der Waals surface area contributed by atoms with Crippen molar-refractivity contribution in [3.05, 3.63) is 87.9 Å². The zero-order chi connectivity index (χ0) is 23.1. The van der Waals surface area contributed by atoms with Crippen molar-refractivity contribution in [2.24, 2.45) is 0 Å². The van der Waals surface area contributed by atoms with Crippen molar-refractivity contribution in [2.75, 3.05) is 10.0 Å². The number of rotatable bonds is 6. The Balaban J connectivity index is 1.52. The Morgan fingerprint density at radius 1 is 1.09 bits per heavy atom. The van der Waals surface area contributed by atoms with Crippen LogP contribution in [0.25, 0.3) is 0 Å². The van der Waals surface area contributed by atoms with Gasteiger partial charge in [0.1, 0.15) is 0 Å². The summed E-state index contributed by atoms with van der Waals surface area (Å²) in [6.07, 6.45) is -0.443. The second kappa shape index (κ2) is 8.16. The summed E-state index contributed by atoms with van der Waals surface area (Å²) < 4.78 is 28.5. The zero-order valence-corrected chi connectivity index (χ0v) is 19.3. The van der Waals surface area contributed by atoms with Gasteiger partial charge in [-0.15, -0.1) is 0 Å². The summed E-state index contributed by atoms with van der Waals surface area (Å²) in [5, 5.41) is 13.5. The van der Waals surface area contributed by atoms with E-state index in [4.69, 9.17) is 0 Å². The Bertz CT molecular complexity index is 1340. The van der Waals surface area contributed by atoms with Gasteiger partial charge in [-0.2, -0.15) is 0 Å². The van der Waals surface area contributed by atoms with E-state index in [9.17, 15) is 23.1 Å². The molecule has 0 spiro atoms. The van der Waals surface area contributed by atoms with Crippen molar-refractivity contribution in [2.45, 2.75) is 23.8 Å². The molecule has 0 saturated heterocycles. The summed E-state index contributed by atoms with van der Waals surface area (Å²) in [5.41, 5.74) is -0.0458. The van der Waals surface area contributed by atoms with Crippen LogP contribution in [-0.4, -0.2) is 25.2 Å². The van der Waals surface area contributed by atoms with Gasteiger partial charge in [0.2, 0.25) is 0 Å². The van der Waals surface area contributed by atoms with Gasteiger partial charge in [-0.25, -0.2) is 8.42 Å². The molecule has 164 valence electrons. The number of halogens is 1. The van der Waals surface area contributed by atoms with Crippen molar-refractivity contribution in [3.8, 4) is 0 Å². The number of anilines is 2. The summed E-state index contributed by atoms with van der Waals surface area (Å²) in [7, 11) is -3.78. The van der Waals surface area contributed by atoms with Crippen LogP contribution in [0.3, 0.4) is 0 Å². The number of aryl methyl sites for hydroxylation is 1. The van der Waals surface area contributed by atoms with E-state index in [1.165, 1.54) is 30.3 Å². The molecule has 0 aliphatic carbocycles. The zero-order valence-electron chi connectivity index (χ0n) is 16.9. The number of carbonyl (C=O) groups excluding carboxylic acids is 2. The fourth-order valence-corrected chi connectivity index (χ4v) is 5.30. The minimum absolute atomic E-state index is 0.167. The first-order valence-electron chi connectivity index (χ1n) is 9.66. The standard InChI is InChI=1S/C23H19BrN2O5S/c1-14-4-2-3-5-21(14)32(30,31)26-17-9-6-15(7-10-17)20(27)13-23(29)18-11-8-16(24)12-19(18)25-22(23)28/h2-12,26,29H,13H2,1H3,(H,25,28)/t23-/m0/s1. The maximum atomic E-state index is 12.8. The first kappa shape index (κ1) is 22.2. The van der Waals surface area contributed by atoms with Gasteiger partial charge in [-0.3, -0.25) is 14.3 Å². The molecule has 1 aliphatic rings. The van der Waals surface area contributed by atoms with Gasteiger partial charge in [-0.05, 0) is 55.0 Å². The van der Waals surface area contributed by atoms with Crippen LogP contribution < -0.4 is 10.0 Å². The number of aliphatic hydroxyl groups is 1. The lowest BCUT2D eigenvalue weighted by atomic mass is 9.88. The fourth-order valence-electron chi connectivity index (χ4n) is 3.63. The van der Waals surface area contributed by atoms with Crippen molar-refractivity contribution >= 4 is 49.0 Å². The van der Waals surface area contributed by atoms with Crippen LogP contribution in [0.2, 0.25) is 0 Å². The van der Waals surface area contributed by atoms with Crippen LogP contribution in [0.15, 0.2) is 76.1 Å². The first-order valence-corrected chi connectivity index (χ1v) is 11.9. The Morgan fingerprint density at radius 3 is 2.47 bits per heavy atom. The second-order valence-corrected chi connectivity index (χ2v) is 10.1. The third kappa shape index (κ3) is 4.06. The van der Waals surface area contributed by atoms with Gasteiger partial charge in [0, 0.05) is 27.0 Å². The molecule has 1 atom stereocenters.